The van der Waals surface area contributed by atoms with Gasteiger partial charge in [-0.05, 0) is 42.7 Å². The number of carbonyl (C=O) groups is 2. The van der Waals surface area contributed by atoms with E-state index in [9.17, 15) is 9.59 Å². The van der Waals surface area contributed by atoms with Crippen LogP contribution in [0.25, 0.3) is 11.1 Å². The summed E-state index contributed by atoms with van der Waals surface area (Å²) < 4.78 is 6.19. The molecule has 4 rings (SSSR count). The zero-order valence-corrected chi connectivity index (χ0v) is 17.1. The van der Waals surface area contributed by atoms with Crippen LogP contribution < -0.4 is 10.1 Å². The third kappa shape index (κ3) is 4.37. The number of benzene rings is 1. The maximum absolute atomic E-state index is 12.5. The minimum Gasteiger partial charge on any atom is -0.487 e. The second-order valence-electron chi connectivity index (χ2n) is 7.65. The van der Waals surface area contributed by atoms with Crippen LogP contribution in [0.5, 0.6) is 5.75 Å². The van der Waals surface area contributed by atoms with E-state index in [4.69, 9.17) is 16.3 Å². The molecule has 2 amide bonds. The maximum Gasteiger partial charge on any atom is 0.223 e. The Hall–Kier alpha value is -2.60. The van der Waals surface area contributed by atoms with E-state index in [2.05, 4.69) is 10.3 Å². The average Bonchev–Trinajstić information content (AvgIpc) is 3.14. The number of fused-ring (bicyclic) bond motifs is 1. The highest BCUT2D eigenvalue weighted by Crippen LogP contribution is 2.40. The first-order valence-electron chi connectivity index (χ1n) is 9.94. The zero-order chi connectivity index (χ0) is 20.4. The van der Waals surface area contributed by atoms with Gasteiger partial charge in [0.2, 0.25) is 11.8 Å². The van der Waals surface area contributed by atoms with E-state index >= 15 is 0 Å². The summed E-state index contributed by atoms with van der Waals surface area (Å²) in [7, 11) is 0. The van der Waals surface area contributed by atoms with Gasteiger partial charge in [-0.25, -0.2) is 0 Å². The first kappa shape index (κ1) is 19.7. The number of nitrogens with zero attached hydrogens (tertiary/aromatic N) is 2. The Bertz CT molecular complexity index is 911. The molecule has 0 bridgehead atoms. The molecule has 2 aliphatic rings. The van der Waals surface area contributed by atoms with E-state index in [1.165, 1.54) is 0 Å². The number of piperidine rings is 1. The molecular formula is C22H24ClN3O3. The molecular weight excluding hydrogens is 390 g/mol. The molecule has 1 unspecified atom stereocenters. The summed E-state index contributed by atoms with van der Waals surface area (Å²) in [5.41, 5.74) is 3.00. The van der Waals surface area contributed by atoms with Gasteiger partial charge in [-0.2, -0.15) is 0 Å². The molecule has 6 nitrogen and oxygen atoms in total. The van der Waals surface area contributed by atoms with Crippen molar-refractivity contribution in [2.45, 2.75) is 32.3 Å². The van der Waals surface area contributed by atoms with Gasteiger partial charge in [0, 0.05) is 60.9 Å². The van der Waals surface area contributed by atoms with Crippen molar-refractivity contribution in [1.29, 1.82) is 0 Å². The van der Waals surface area contributed by atoms with Crippen LogP contribution in [0.4, 0.5) is 0 Å². The highest BCUT2D eigenvalue weighted by Gasteiger charge is 2.29. The fraction of sp³-hybridized carbons (Fsp3) is 0.409. The first-order chi connectivity index (χ1) is 14.0. The fourth-order valence-electron chi connectivity index (χ4n) is 4.07. The van der Waals surface area contributed by atoms with Crippen molar-refractivity contribution in [2.24, 2.45) is 5.92 Å². The number of hydrogen-bond acceptors (Lipinski definition) is 4. The lowest BCUT2D eigenvalue weighted by molar-refractivity contribution is -0.134. The smallest absolute Gasteiger partial charge is 0.223 e. The second-order valence-corrected chi connectivity index (χ2v) is 8.08. The van der Waals surface area contributed by atoms with E-state index in [0.717, 1.165) is 22.4 Å². The number of hydrogen-bond donors (Lipinski definition) is 1. The molecule has 29 heavy (non-hydrogen) atoms. The van der Waals surface area contributed by atoms with Gasteiger partial charge in [0.15, 0.2) is 0 Å². The molecule has 7 heteroatoms. The van der Waals surface area contributed by atoms with Crippen LogP contribution in [0.1, 0.15) is 25.3 Å². The van der Waals surface area contributed by atoms with Crippen molar-refractivity contribution in [3.63, 3.8) is 0 Å². The van der Waals surface area contributed by atoms with Gasteiger partial charge in [-0.3, -0.25) is 14.6 Å². The van der Waals surface area contributed by atoms with Crippen molar-refractivity contribution in [2.75, 3.05) is 19.6 Å². The molecule has 1 fully saturated rings. The molecule has 2 aliphatic heterocycles. The zero-order valence-electron chi connectivity index (χ0n) is 16.4. The molecule has 1 N–H and O–H groups in total. The Balaban J connectivity index is 1.37. The number of halogens is 1. The molecule has 3 heterocycles. The summed E-state index contributed by atoms with van der Waals surface area (Å²) >= 11 is 6.32. The van der Waals surface area contributed by atoms with Crippen LogP contribution >= 0.6 is 11.6 Å². The molecule has 1 aromatic heterocycles. The van der Waals surface area contributed by atoms with Crippen LogP contribution in [-0.4, -0.2) is 47.4 Å². The number of aromatic nitrogens is 1. The fourth-order valence-corrected chi connectivity index (χ4v) is 4.31. The molecule has 2 aromatic rings. The first-order valence-corrected chi connectivity index (χ1v) is 10.3. The van der Waals surface area contributed by atoms with Crippen molar-refractivity contribution < 1.29 is 14.3 Å². The Morgan fingerprint density at radius 3 is 2.66 bits per heavy atom. The molecule has 0 aliphatic carbocycles. The number of amides is 2. The van der Waals surface area contributed by atoms with Gasteiger partial charge in [0.25, 0.3) is 0 Å². The van der Waals surface area contributed by atoms with Crippen LogP contribution in [0.3, 0.4) is 0 Å². The quantitative estimate of drug-likeness (QED) is 0.836. The van der Waals surface area contributed by atoms with Crippen molar-refractivity contribution in [3.8, 4) is 16.9 Å². The normalized spacial score (nSPS) is 18.8. The lowest BCUT2D eigenvalue weighted by Gasteiger charge is -2.30. The molecule has 0 radical (unpaired) electrons. The van der Waals surface area contributed by atoms with Gasteiger partial charge in [0.05, 0.1) is 6.54 Å². The topological polar surface area (TPSA) is 71.5 Å². The Morgan fingerprint density at radius 2 is 1.97 bits per heavy atom. The molecule has 1 aromatic carbocycles. The average molecular weight is 414 g/mol. The summed E-state index contributed by atoms with van der Waals surface area (Å²) in [6.45, 7) is 3.31. The van der Waals surface area contributed by atoms with Gasteiger partial charge in [-0.1, -0.05) is 11.6 Å². The van der Waals surface area contributed by atoms with E-state index in [0.29, 0.717) is 43.9 Å². The van der Waals surface area contributed by atoms with Crippen molar-refractivity contribution in [3.05, 3.63) is 47.2 Å². The minimum atomic E-state index is -0.120. The predicted octanol–water partition coefficient (Wildman–Crippen LogP) is 3.08. The molecule has 152 valence electrons. The molecule has 0 spiro atoms. The lowest BCUT2D eigenvalue weighted by atomic mass is 9.96. The van der Waals surface area contributed by atoms with Gasteiger partial charge < -0.3 is 15.0 Å². The third-order valence-corrected chi connectivity index (χ3v) is 5.89. The third-order valence-electron chi connectivity index (χ3n) is 5.67. The monoisotopic (exact) mass is 413 g/mol. The largest absolute Gasteiger partial charge is 0.487 e. The van der Waals surface area contributed by atoms with Gasteiger partial charge >= 0.3 is 0 Å². The number of rotatable bonds is 4. The summed E-state index contributed by atoms with van der Waals surface area (Å²) in [4.78, 5) is 29.8. The van der Waals surface area contributed by atoms with Crippen LogP contribution in [0.15, 0.2) is 36.7 Å². The summed E-state index contributed by atoms with van der Waals surface area (Å²) in [5, 5.41) is 3.70. The summed E-state index contributed by atoms with van der Waals surface area (Å²) in [6.07, 6.45) is 5.49. The lowest BCUT2D eigenvalue weighted by Crippen LogP contribution is -2.44. The van der Waals surface area contributed by atoms with Gasteiger partial charge in [0.1, 0.15) is 11.9 Å². The van der Waals surface area contributed by atoms with E-state index in [-0.39, 0.29) is 23.8 Å². The maximum atomic E-state index is 12.5. The standard InChI is InChI=1S/C22H24ClN3O3/c1-14(27)26-8-4-16(5-9-26)22(28)25-13-19-11-17-10-18(23)12-20(21(17)29-19)15-2-6-24-7-3-15/h2-3,6-7,10,12,16,19H,4-5,8-9,11,13H2,1H3,(H,25,28). The van der Waals surface area contributed by atoms with Crippen molar-refractivity contribution in [1.82, 2.24) is 15.2 Å². The number of pyridine rings is 1. The second kappa shape index (κ2) is 8.41. The molecule has 0 saturated carbocycles. The Labute approximate surface area is 175 Å². The Morgan fingerprint density at radius 1 is 1.24 bits per heavy atom. The van der Waals surface area contributed by atoms with E-state index < -0.39 is 0 Å². The number of carbonyl (C=O) groups excluding carboxylic acids is 2. The van der Waals surface area contributed by atoms with Crippen LogP contribution in [-0.2, 0) is 16.0 Å². The highest BCUT2D eigenvalue weighted by atomic mass is 35.5. The van der Waals surface area contributed by atoms with Crippen LogP contribution in [0.2, 0.25) is 5.02 Å². The number of nitrogens with one attached hydrogen (secondary N) is 1. The van der Waals surface area contributed by atoms with E-state index in [1.807, 2.05) is 24.3 Å². The summed E-state index contributed by atoms with van der Waals surface area (Å²) in [5.74, 6) is 0.899. The highest BCUT2D eigenvalue weighted by molar-refractivity contribution is 6.31. The van der Waals surface area contributed by atoms with Crippen molar-refractivity contribution >= 4 is 23.4 Å². The van der Waals surface area contributed by atoms with E-state index in [1.54, 1.807) is 24.2 Å². The SMILES string of the molecule is CC(=O)N1CCC(C(=O)NCC2Cc3cc(Cl)cc(-c4ccncc4)c3O2)CC1. The van der Waals surface area contributed by atoms with Gasteiger partial charge in [-0.15, -0.1) is 0 Å². The molecule has 1 atom stereocenters. The van der Waals surface area contributed by atoms with Crippen LogP contribution in [0, 0.1) is 5.92 Å². The summed E-state index contributed by atoms with van der Waals surface area (Å²) in [6, 6.07) is 7.69. The number of ether oxygens (including phenoxy) is 1. The predicted molar refractivity (Wildman–Crippen MR) is 111 cm³/mol. The molecule has 1 saturated heterocycles. The Kier molecular flexibility index (Phi) is 5.72. The number of likely N-dealkylation sites (tertiary alicyclic amines) is 1. The minimum absolute atomic E-state index is 0.0418.